The summed E-state index contributed by atoms with van der Waals surface area (Å²) in [5.41, 5.74) is 0. The zero-order chi connectivity index (χ0) is 44.2. The van der Waals surface area contributed by atoms with Gasteiger partial charge in [0.25, 0.3) is 0 Å². The molecule has 0 aliphatic carbocycles. The number of nitrogens with one attached hydrogen (secondary N) is 1. The van der Waals surface area contributed by atoms with Crippen molar-refractivity contribution in [1.29, 1.82) is 0 Å². The molecule has 0 aromatic carbocycles. The minimum absolute atomic E-state index is 0.0338. The molecule has 0 saturated carbocycles. The standard InChI is InChI=1S/C57H101NO3/c1-3-5-7-9-11-13-15-16-17-18-19-20-21-22-23-24-25-26-27-28-29-30-31-32-33-34-35-36-37-38-39-40-41-42-43-45-47-49-51-53-57(61)58-55(54-59)56(60)52-50-48-46-44-14-12-10-8-6-4-2/h5,7,11,13,16-17,19-20,22-23,25-26,28-29,55-56,59-60H,3-4,6,8-10,12,14-15,18,21,24,27,30-54H2,1-2H3,(H,58,61)/b7-5-,13-11-,17-16-,20-19-,23-22-,26-25-,29-28-. The van der Waals surface area contributed by atoms with Crippen LogP contribution in [-0.4, -0.2) is 34.9 Å². The van der Waals surface area contributed by atoms with Crippen molar-refractivity contribution >= 4 is 5.91 Å². The molecule has 2 atom stereocenters. The molecule has 1 amide bonds. The van der Waals surface area contributed by atoms with E-state index in [1.807, 2.05) is 0 Å². The van der Waals surface area contributed by atoms with Gasteiger partial charge >= 0.3 is 0 Å². The SMILES string of the molecule is CC/C=C\C/C=C\C/C=C\C/C=C\C/C=C\C/C=C\C/C=C\CCCCCCCCCCCCCCCCCCCC(=O)NC(CO)C(O)CCCCCCCCCCCC. The van der Waals surface area contributed by atoms with Crippen LogP contribution < -0.4 is 5.32 Å². The van der Waals surface area contributed by atoms with Crippen LogP contribution in [0, 0.1) is 0 Å². The van der Waals surface area contributed by atoms with E-state index in [4.69, 9.17) is 0 Å². The largest absolute Gasteiger partial charge is 0.394 e. The molecule has 0 rings (SSSR count). The molecule has 0 fully saturated rings. The summed E-state index contributed by atoms with van der Waals surface area (Å²) in [4.78, 5) is 12.4. The highest BCUT2D eigenvalue weighted by molar-refractivity contribution is 5.76. The van der Waals surface area contributed by atoms with Crippen LogP contribution in [0.5, 0.6) is 0 Å². The summed E-state index contributed by atoms with van der Waals surface area (Å²) in [5.74, 6) is -0.0338. The fraction of sp³-hybridized carbons (Fsp3) is 0.737. The summed E-state index contributed by atoms with van der Waals surface area (Å²) in [7, 11) is 0. The molecule has 0 heterocycles. The van der Waals surface area contributed by atoms with Crippen molar-refractivity contribution in [2.24, 2.45) is 0 Å². The van der Waals surface area contributed by atoms with E-state index < -0.39 is 12.1 Å². The van der Waals surface area contributed by atoms with Crippen molar-refractivity contribution < 1.29 is 15.0 Å². The Kier molecular flexibility index (Phi) is 49.8. The number of aliphatic hydroxyl groups excluding tert-OH is 2. The Labute approximate surface area is 380 Å². The highest BCUT2D eigenvalue weighted by atomic mass is 16.3. The summed E-state index contributed by atoms with van der Waals surface area (Å²) >= 11 is 0. The second-order valence-electron chi connectivity index (χ2n) is 17.6. The highest BCUT2D eigenvalue weighted by Gasteiger charge is 2.20. The van der Waals surface area contributed by atoms with Crippen molar-refractivity contribution in [2.45, 2.75) is 264 Å². The number of aliphatic hydroxyl groups is 2. The molecule has 4 nitrogen and oxygen atoms in total. The van der Waals surface area contributed by atoms with Crippen molar-refractivity contribution in [3.63, 3.8) is 0 Å². The van der Waals surface area contributed by atoms with Gasteiger partial charge in [-0.05, 0) is 70.6 Å². The number of carbonyl (C=O) groups is 1. The van der Waals surface area contributed by atoms with Crippen molar-refractivity contribution in [3.8, 4) is 0 Å². The van der Waals surface area contributed by atoms with E-state index in [2.05, 4.69) is 104 Å². The Morgan fingerprint density at radius 3 is 1.08 bits per heavy atom. The van der Waals surface area contributed by atoms with Gasteiger partial charge in [-0.1, -0.05) is 259 Å². The quantitative estimate of drug-likeness (QED) is 0.0422. The second kappa shape index (κ2) is 51.9. The third kappa shape index (κ3) is 48.5. The van der Waals surface area contributed by atoms with E-state index in [9.17, 15) is 15.0 Å². The average Bonchev–Trinajstić information content (AvgIpc) is 3.26. The van der Waals surface area contributed by atoms with Crippen LogP contribution in [0.3, 0.4) is 0 Å². The summed E-state index contributed by atoms with van der Waals surface area (Å²) < 4.78 is 0. The summed E-state index contributed by atoms with van der Waals surface area (Å²) in [6.07, 6.45) is 75.6. The fourth-order valence-corrected chi connectivity index (χ4v) is 7.69. The smallest absolute Gasteiger partial charge is 0.220 e. The van der Waals surface area contributed by atoms with Gasteiger partial charge in [-0.2, -0.15) is 0 Å². The van der Waals surface area contributed by atoms with Gasteiger partial charge in [-0.15, -0.1) is 0 Å². The minimum atomic E-state index is -0.659. The molecule has 0 aromatic rings. The van der Waals surface area contributed by atoms with Crippen LogP contribution in [0.4, 0.5) is 0 Å². The van der Waals surface area contributed by atoms with E-state index in [0.29, 0.717) is 12.8 Å². The first-order valence-electron chi connectivity index (χ1n) is 26.3. The van der Waals surface area contributed by atoms with Crippen LogP contribution >= 0.6 is 0 Å². The Hall–Kier alpha value is -2.43. The highest BCUT2D eigenvalue weighted by Crippen LogP contribution is 2.16. The Balaban J connectivity index is 3.46. The zero-order valence-corrected chi connectivity index (χ0v) is 40.4. The summed E-state index contributed by atoms with van der Waals surface area (Å²) in [6.45, 7) is 4.23. The predicted octanol–water partition coefficient (Wildman–Crippen LogP) is 17.2. The maximum Gasteiger partial charge on any atom is 0.220 e. The van der Waals surface area contributed by atoms with E-state index in [1.54, 1.807) is 0 Å². The Bertz CT molecular complexity index is 1100. The molecule has 0 aliphatic rings. The van der Waals surface area contributed by atoms with Crippen molar-refractivity contribution in [1.82, 2.24) is 5.32 Å². The van der Waals surface area contributed by atoms with Crippen LogP contribution in [0.1, 0.15) is 251 Å². The normalized spacial score (nSPS) is 13.6. The number of hydrogen-bond donors (Lipinski definition) is 3. The average molecular weight is 848 g/mol. The number of hydrogen-bond acceptors (Lipinski definition) is 3. The van der Waals surface area contributed by atoms with Gasteiger partial charge in [0.1, 0.15) is 0 Å². The van der Waals surface area contributed by atoms with E-state index in [0.717, 1.165) is 70.6 Å². The Morgan fingerprint density at radius 2 is 0.721 bits per heavy atom. The molecule has 0 aliphatic heterocycles. The molecular weight excluding hydrogens is 747 g/mol. The zero-order valence-electron chi connectivity index (χ0n) is 40.4. The first-order chi connectivity index (χ1) is 30.2. The molecule has 0 spiro atoms. The molecule has 0 saturated heterocycles. The lowest BCUT2D eigenvalue weighted by Crippen LogP contribution is -2.45. The van der Waals surface area contributed by atoms with Gasteiger partial charge in [0.2, 0.25) is 5.91 Å². The lowest BCUT2D eigenvalue weighted by Gasteiger charge is -2.22. The third-order valence-corrected chi connectivity index (χ3v) is 11.7. The molecule has 61 heavy (non-hydrogen) atoms. The number of rotatable bonds is 47. The number of unbranched alkanes of at least 4 members (excludes halogenated alkanes) is 26. The van der Waals surface area contributed by atoms with Crippen molar-refractivity contribution in [3.05, 3.63) is 85.1 Å². The lowest BCUT2D eigenvalue weighted by atomic mass is 10.0. The molecule has 352 valence electrons. The van der Waals surface area contributed by atoms with Gasteiger partial charge in [-0.3, -0.25) is 4.79 Å². The fourth-order valence-electron chi connectivity index (χ4n) is 7.69. The van der Waals surface area contributed by atoms with E-state index >= 15 is 0 Å². The van der Waals surface area contributed by atoms with Crippen LogP contribution in [0.2, 0.25) is 0 Å². The topological polar surface area (TPSA) is 69.6 Å². The first-order valence-corrected chi connectivity index (χ1v) is 26.3. The molecular formula is C57H101NO3. The first kappa shape index (κ1) is 58.6. The molecule has 0 aromatic heterocycles. The van der Waals surface area contributed by atoms with Gasteiger partial charge in [0.15, 0.2) is 0 Å². The van der Waals surface area contributed by atoms with Crippen LogP contribution in [-0.2, 0) is 4.79 Å². The maximum atomic E-state index is 12.4. The Morgan fingerprint density at radius 1 is 0.410 bits per heavy atom. The van der Waals surface area contributed by atoms with Crippen molar-refractivity contribution in [2.75, 3.05) is 6.61 Å². The summed E-state index contributed by atoms with van der Waals surface area (Å²) in [6, 6.07) is -0.536. The molecule has 4 heteroatoms. The van der Waals surface area contributed by atoms with E-state index in [1.165, 1.54) is 154 Å². The third-order valence-electron chi connectivity index (χ3n) is 11.7. The van der Waals surface area contributed by atoms with Gasteiger partial charge in [-0.25, -0.2) is 0 Å². The van der Waals surface area contributed by atoms with Gasteiger partial charge < -0.3 is 15.5 Å². The predicted molar refractivity (Wildman–Crippen MR) is 271 cm³/mol. The van der Waals surface area contributed by atoms with E-state index in [-0.39, 0.29) is 12.5 Å². The lowest BCUT2D eigenvalue weighted by molar-refractivity contribution is -0.123. The van der Waals surface area contributed by atoms with Gasteiger partial charge in [0.05, 0.1) is 18.8 Å². The molecule has 3 N–H and O–H groups in total. The molecule has 0 bridgehead atoms. The maximum absolute atomic E-state index is 12.4. The van der Waals surface area contributed by atoms with Crippen LogP contribution in [0.15, 0.2) is 85.1 Å². The monoisotopic (exact) mass is 848 g/mol. The number of amides is 1. The summed E-state index contributed by atoms with van der Waals surface area (Å²) in [5, 5.41) is 23.1. The molecule has 0 radical (unpaired) electrons. The minimum Gasteiger partial charge on any atom is -0.394 e. The number of allylic oxidation sites excluding steroid dienone is 14. The number of carbonyl (C=O) groups excluding carboxylic acids is 1. The van der Waals surface area contributed by atoms with Crippen LogP contribution in [0.25, 0.3) is 0 Å². The second-order valence-corrected chi connectivity index (χ2v) is 17.6. The van der Waals surface area contributed by atoms with Gasteiger partial charge in [0, 0.05) is 6.42 Å². The molecule has 2 unspecified atom stereocenters.